The lowest BCUT2D eigenvalue weighted by molar-refractivity contribution is 0.00578. The topological polar surface area (TPSA) is 60.9 Å². The van der Waals surface area contributed by atoms with Gasteiger partial charge in [-0.25, -0.2) is 9.78 Å². The predicted octanol–water partition coefficient (Wildman–Crippen LogP) is 3.17. The maximum Gasteiger partial charge on any atom is 0.507 e. The zero-order valence-electron chi connectivity index (χ0n) is 16.8. The van der Waals surface area contributed by atoms with Crippen molar-refractivity contribution >= 4 is 29.3 Å². The van der Waals surface area contributed by atoms with Crippen LogP contribution in [0.15, 0.2) is 6.20 Å². The number of amides is 1. The summed E-state index contributed by atoms with van der Waals surface area (Å²) in [6.45, 7) is 15.2. The molecule has 0 N–H and O–H groups in total. The van der Waals surface area contributed by atoms with Gasteiger partial charge < -0.3 is 18.9 Å². The Morgan fingerprint density at radius 3 is 2.50 bits per heavy atom. The maximum atomic E-state index is 12.2. The van der Waals surface area contributed by atoms with Crippen molar-refractivity contribution in [3.8, 4) is 0 Å². The van der Waals surface area contributed by atoms with Crippen LogP contribution < -0.4 is 4.78 Å². The van der Waals surface area contributed by atoms with Crippen LogP contribution in [0.1, 0.15) is 65.8 Å². The van der Waals surface area contributed by atoms with Gasteiger partial charge in [0, 0.05) is 25.2 Å². The van der Waals surface area contributed by atoms with Crippen molar-refractivity contribution in [2.24, 2.45) is 0 Å². The molecular formula is C18H29BN2O4S. The molecule has 0 aromatic carbocycles. The van der Waals surface area contributed by atoms with Crippen LogP contribution in [-0.2, 0) is 14.0 Å². The summed E-state index contributed by atoms with van der Waals surface area (Å²) in [6.07, 6.45) is 2.50. The Morgan fingerprint density at radius 1 is 1.31 bits per heavy atom. The third-order valence-electron chi connectivity index (χ3n) is 5.22. The van der Waals surface area contributed by atoms with Crippen LogP contribution in [0.2, 0.25) is 0 Å². The van der Waals surface area contributed by atoms with E-state index in [1.807, 2.05) is 54.7 Å². The van der Waals surface area contributed by atoms with Gasteiger partial charge in [0.1, 0.15) is 5.60 Å². The lowest BCUT2D eigenvalue weighted by Gasteiger charge is -2.32. The Morgan fingerprint density at radius 2 is 1.92 bits per heavy atom. The summed E-state index contributed by atoms with van der Waals surface area (Å²) in [6, 6.07) is 0. The fourth-order valence-electron chi connectivity index (χ4n) is 3.01. The highest BCUT2D eigenvalue weighted by atomic mass is 32.1. The van der Waals surface area contributed by atoms with Crippen LogP contribution in [0, 0.1) is 0 Å². The second kappa shape index (κ2) is 6.50. The molecule has 1 aromatic rings. The molecule has 2 aliphatic rings. The monoisotopic (exact) mass is 380 g/mol. The molecule has 26 heavy (non-hydrogen) atoms. The van der Waals surface area contributed by atoms with Crippen molar-refractivity contribution in [2.75, 3.05) is 13.1 Å². The van der Waals surface area contributed by atoms with Gasteiger partial charge in [0.25, 0.3) is 0 Å². The second-order valence-electron chi connectivity index (χ2n) is 9.10. The second-order valence-corrected chi connectivity index (χ2v) is 10.2. The zero-order chi connectivity index (χ0) is 19.3. The number of ether oxygens (including phenoxy) is 1. The molecule has 3 heterocycles. The molecular weight excluding hydrogens is 351 g/mol. The molecule has 8 heteroatoms. The van der Waals surface area contributed by atoms with Crippen LogP contribution in [-0.4, -0.2) is 53.0 Å². The van der Waals surface area contributed by atoms with Crippen LogP contribution in [0.4, 0.5) is 4.79 Å². The van der Waals surface area contributed by atoms with Crippen LogP contribution >= 0.6 is 11.3 Å². The third-order valence-corrected chi connectivity index (χ3v) is 6.40. The van der Waals surface area contributed by atoms with Crippen molar-refractivity contribution in [1.82, 2.24) is 9.88 Å². The van der Waals surface area contributed by atoms with Gasteiger partial charge in [-0.2, -0.15) is 0 Å². The van der Waals surface area contributed by atoms with E-state index in [1.54, 1.807) is 16.2 Å². The molecule has 0 saturated carbocycles. The van der Waals surface area contributed by atoms with Crippen LogP contribution in [0.25, 0.3) is 0 Å². The normalized spacial score (nSPS) is 25.0. The van der Waals surface area contributed by atoms with E-state index in [1.165, 1.54) is 0 Å². The van der Waals surface area contributed by atoms with E-state index in [-0.39, 0.29) is 30.3 Å². The third kappa shape index (κ3) is 3.92. The van der Waals surface area contributed by atoms with E-state index < -0.39 is 5.60 Å². The number of likely N-dealkylation sites (tertiary alicyclic amines) is 1. The van der Waals surface area contributed by atoms with Crippen molar-refractivity contribution in [2.45, 2.75) is 77.6 Å². The fraction of sp³-hybridized carbons (Fsp3) is 0.778. The summed E-state index contributed by atoms with van der Waals surface area (Å²) in [5.41, 5.74) is -1.19. The van der Waals surface area contributed by atoms with Gasteiger partial charge in [0.05, 0.1) is 21.0 Å². The molecule has 0 spiro atoms. The molecule has 0 aliphatic carbocycles. The summed E-state index contributed by atoms with van der Waals surface area (Å²) < 4.78 is 18.7. The lowest BCUT2D eigenvalue weighted by atomic mass is 9.89. The molecule has 6 nitrogen and oxygen atoms in total. The first-order valence-electron chi connectivity index (χ1n) is 9.17. The highest BCUT2D eigenvalue weighted by molar-refractivity contribution is 7.22. The minimum atomic E-state index is -0.472. The van der Waals surface area contributed by atoms with Gasteiger partial charge in [-0.05, 0) is 54.9 Å². The van der Waals surface area contributed by atoms with Gasteiger partial charge >= 0.3 is 13.2 Å². The fourth-order valence-corrected chi connectivity index (χ4v) is 4.02. The molecule has 0 radical (unpaired) electrons. The molecule has 2 saturated heterocycles. The maximum absolute atomic E-state index is 12.2. The van der Waals surface area contributed by atoms with E-state index in [2.05, 4.69) is 4.98 Å². The zero-order valence-corrected chi connectivity index (χ0v) is 17.6. The first-order chi connectivity index (χ1) is 11.9. The first-order valence-corrected chi connectivity index (χ1v) is 9.99. The highest BCUT2D eigenvalue weighted by Crippen LogP contribution is 2.37. The van der Waals surface area contributed by atoms with Gasteiger partial charge in [-0.15, -0.1) is 11.3 Å². The summed E-state index contributed by atoms with van der Waals surface area (Å²) >= 11 is 1.62. The average Bonchev–Trinajstić information content (AvgIpc) is 3.16. The molecule has 2 aliphatic heterocycles. The number of hydrogen-bond acceptors (Lipinski definition) is 6. The molecule has 3 rings (SSSR count). The largest absolute Gasteiger partial charge is 0.507 e. The Labute approximate surface area is 160 Å². The molecule has 1 aromatic heterocycles. The summed E-state index contributed by atoms with van der Waals surface area (Å²) in [7, 11) is -0.380. The number of aromatic nitrogens is 1. The minimum absolute atomic E-state index is 0.240. The number of rotatable bonds is 2. The average molecular weight is 380 g/mol. The van der Waals surface area contributed by atoms with Crippen molar-refractivity contribution in [3.63, 3.8) is 0 Å². The molecule has 144 valence electrons. The van der Waals surface area contributed by atoms with Gasteiger partial charge in [-0.1, -0.05) is 0 Å². The van der Waals surface area contributed by atoms with Crippen molar-refractivity contribution in [3.05, 3.63) is 11.2 Å². The molecule has 1 amide bonds. The van der Waals surface area contributed by atoms with E-state index in [9.17, 15) is 4.79 Å². The number of carbonyl (C=O) groups excluding carboxylic acids is 1. The van der Waals surface area contributed by atoms with Gasteiger partial charge in [0.2, 0.25) is 0 Å². The number of thiazole rings is 1. The lowest BCUT2D eigenvalue weighted by Crippen LogP contribution is -2.41. The summed E-state index contributed by atoms with van der Waals surface area (Å²) in [5.74, 6) is 0.240. The van der Waals surface area contributed by atoms with Gasteiger partial charge in [-0.3, -0.25) is 0 Å². The smallest absolute Gasteiger partial charge is 0.444 e. The van der Waals surface area contributed by atoms with E-state index >= 15 is 0 Å². The quantitative estimate of drug-likeness (QED) is 0.738. The van der Waals surface area contributed by atoms with E-state index in [0.29, 0.717) is 13.1 Å². The SMILES string of the molecule is CC(C)(C)OC(=O)N1CCC(c2ncc(B3OC(C)(C)C(C)(C)O3)s2)C1. The minimum Gasteiger partial charge on any atom is -0.444 e. The highest BCUT2D eigenvalue weighted by Gasteiger charge is 2.52. The van der Waals surface area contributed by atoms with E-state index in [0.717, 1.165) is 16.2 Å². The van der Waals surface area contributed by atoms with E-state index in [4.69, 9.17) is 14.0 Å². The molecule has 1 atom stereocenters. The molecule has 2 fully saturated rings. The van der Waals surface area contributed by atoms with Crippen molar-refractivity contribution < 1.29 is 18.8 Å². The van der Waals surface area contributed by atoms with Crippen molar-refractivity contribution in [1.29, 1.82) is 0 Å². The summed E-state index contributed by atoms with van der Waals surface area (Å²) in [4.78, 5) is 18.6. The Kier molecular flexibility index (Phi) is 4.91. The number of hydrogen-bond donors (Lipinski definition) is 0. The predicted molar refractivity (Wildman–Crippen MR) is 103 cm³/mol. The number of carbonyl (C=O) groups is 1. The van der Waals surface area contributed by atoms with Gasteiger partial charge in [0.15, 0.2) is 0 Å². The van der Waals surface area contributed by atoms with Crippen LogP contribution in [0.3, 0.4) is 0 Å². The summed E-state index contributed by atoms with van der Waals surface area (Å²) in [5, 5.41) is 1.03. The molecule has 0 bridgehead atoms. The number of nitrogens with zero attached hydrogens (tertiary/aromatic N) is 2. The molecule has 1 unspecified atom stereocenters. The Hall–Kier alpha value is -1.12. The standard InChI is InChI=1S/C18H29BN2O4S/c1-16(2,3)23-15(22)21-9-8-12(11-21)14-20-10-13(26-14)19-24-17(4,5)18(6,7)25-19/h10,12H,8-9,11H2,1-7H3. The Bertz CT molecular complexity index is 667. The van der Waals surface area contributed by atoms with Crippen LogP contribution in [0.5, 0.6) is 0 Å². The first kappa shape index (κ1) is 19.6. The Balaban J connectivity index is 1.64.